The smallest absolute Gasteiger partial charge is 0.264 e. The molecule has 2 aromatic carbocycles. The molecule has 1 aliphatic heterocycles. The van der Waals surface area contributed by atoms with Gasteiger partial charge in [0, 0.05) is 11.1 Å². The summed E-state index contributed by atoms with van der Waals surface area (Å²) in [6, 6.07) is 10.7. The van der Waals surface area contributed by atoms with Gasteiger partial charge in [-0.05, 0) is 37.3 Å². The summed E-state index contributed by atoms with van der Waals surface area (Å²) in [5.74, 6) is -0.485. The molecule has 0 aliphatic carbocycles. The van der Waals surface area contributed by atoms with E-state index < -0.39 is 15.8 Å². The lowest BCUT2D eigenvalue weighted by atomic mass is 10.0. The molecule has 0 atom stereocenters. The van der Waals surface area contributed by atoms with Gasteiger partial charge in [-0.1, -0.05) is 17.7 Å². The van der Waals surface area contributed by atoms with Gasteiger partial charge in [-0.15, -0.1) is 0 Å². The van der Waals surface area contributed by atoms with Gasteiger partial charge in [-0.3, -0.25) is 9.40 Å². The number of nitrogens with one attached hydrogen (secondary N) is 1. The second-order valence-corrected chi connectivity index (χ2v) is 7.62. The number of nitrogens with zero attached hydrogens (tertiary/aromatic N) is 2. The Kier molecular flexibility index (Phi) is 3.21. The standard InChI is InChI=1S/C17H14FN3O2S/c1-11-2-5-14(6-3-11)24(22,23)21-10-12-9-19-20-17(12)15-7-4-13(18)8-16(15)21/h2-9H,10H2,1H3,(H,19,20). The number of halogens is 1. The van der Waals surface area contributed by atoms with Crippen LogP contribution in [0.2, 0.25) is 0 Å². The summed E-state index contributed by atoms with van der Waals surface area (Å²) in [4.78, 5) is 0.176. The lowest BCUT2D eigenvalue weighted by Gasteiger charge is -2.30. The average molecular weight is 343 g/mol. The number of hydrogen-bond donors (Lipinski definition) is 1. The molecule has 4 rings (SSSR count). The highest BCUT2D eigenvalue weighted by Crippen LogP contribution is 2.40. The summed E-state index contributed by atoms with van der Waals surface area (Å²) >= 11 is 0. The third-order valence-corrected chi connectivity index (χ3v) is 5.91. The van der Waals surface area contributed by atoms with Crippen molar-refractivity contribution in [1.29, 1.82) is 0 Å². The van der Waals surface area contributed by atoms with Gasteiger partial charge in [-0.25, -0.2) is 12.8 Å². The summed E-state index contributed by atoms with van der Waals surface area (Å²) < 4.78 is 41.2. The predicted molar refractivity (Wildman–Crippen MR) is 88.5 cm³/mol. The van der Waals surface area contributed by atoms with E-state index in [1.807, 2.05) is 6.92 Å². The van der Waals surface area contributed by atoms with Gasteiger partial charge in [-0.2, -0.15) is 5.10 Å². The van der Waals surface area contributed by atoms with E-state index in [4.69, 9.17) is 0 Å². The third kappa shape index (κ3) is 2.20. The predicted octanol–water partition coefficient (Wildman–Crippen LogP) is 3.23. The first-order valence-electron chi connectivity index (χ1n) is 7.38. The molecule has 0 spiro atoms. The molecular formula is C17H14FN3O2S. The van der Waals surface area contributed by atoms with Crippen molar-refractivity contribution >= 4 is 15.7 Å². The van der Waals surface area contributed by atoms with Crippen molar-refractivity contribution in [2.75, 3.05) is 4.31 Å². The molecule has 1 aromatic heterocycles. The van der Waals surface area contributed by atoms with Crippen molar-refractivity contribution < 1.29 is 12.8 Å². The Bertz CT molecular complexity index is 1030. The molecule has 0 saturated carbocycles. The van der Waals surface area contributed by atoms with E-state index in [1.54, 1.807) is 36.5 Å². The third-order valence-electron chi connectivity index (χ3n) is 4.14. The number of aryl methyl sites for hydroxylation is 1. The Morgan fingerprint density at radius 2 is 1.92 bits per heavy atom. The van der Waals surface area contributed by atoms with Crippen molar-refractivity contribution in [2.45, 2.75) is 18.4 Å². The summed E-state index contributed by atoms with van der Waals surface area (Å²) in [6.45, 7) is 2.00. The van der Waals surface area contributed by atoms with E-state index in [9.17, 15) is 12.8 Å². The molecule has 7 heteroatoms. The fourth-order valence-electron chi connectivity index (χ4n) is 2.88. The van der Waals surface area contributed by atoms with Crippen LogP contribution in [0.3, 0.4) is 0 Å². The summed E-state index contributed by atoms with van der Waals surface area (Å²) in [7, 11) is -3.80. The number of sulfonamides is 1. The van der Waals surface area contributed by atoms with Crippen molar-refractivity contribution in [3.63, 3.8) is 0 Å². The highest BCUT2D eigenvalue weighted by Gasteiger charge is 2.33. The molecule has 2 heterocycles. The number of hydrogen-bond acceptors (Lipinski definition) is 3. The largest absolute Gasteiger partial charge is 0.277 e. The second-order valence-electron chi connectivity index (χ2n) is 5.76. The molecule has 0 saturated heterocycles. The zero-order valence-corrected chi connectivity index (χ0v) is 13.6. The van der Waals surface area contributed by atoms with Crippen molar-refractivity contribution in [3.8, 4) is 11.3 Å². The van der Waals surface area contributed by atoms with Gasteiger partial charge in [0.05, 0.1) is 29.0 Å². The Morgan fingerprint density at radius 1 is 1.17 bits per heavy atom. The molecule has 0 fully saturated rings. The average Bonchev–Trinajstić information content (AvgIpc) is 3.02. The number of fused-ring (bicyclic) bond motifs is 3. The van der Waals surface area contributed by atoms with Gasteiger partial charge >= 0.3 is 0 Å². The first-order valence-corrected chi connectivity index (χ1v) is 8.82. The molecule has 0 bridgehead atoms. The lowest BCUT2D eigenvalue weighted by molar-refractivity contribution is 0.589. The van der Waals surface area contributed by atoms with Crippen LogP contribution in [0.15, 0.2) is 53.6 Å². The van der Waals surface area contributed by atoms with Crippen molar-refractivity contribution in [2.24, 2.45) is 0 Å². The molecule has 5 nitrogen and oxygen atoms in total. The fourth-order valence-corrected chi connectivity index (χ4v) is 4.33. The molecule has 24 heavy (non-hydrogen) atoms. The fraction of sp³-hybridized carbons (Fsp3) is 0.118. The maximum atomic E-state index is 13.8. The molecule has 0 radical (unpaired) electrons. The minimum Gasteiger partial charge on any atom is -0.277 e. The van der Waals surface area contributed by atoms with Crippen LogP contribution >= 0.6 is 0 Å². The normalized spacial score (nSPS) is 13.5. The van der Waals surface area contributed by atoms with E-state index in [0.717, 1.165) is 16.8 Å². The second kappa shape index (κ2) is 5.17. The number of benzene rings is 2. The minimum absolute atomic E-state index is 0.110. The quantitative estimate of drug-likeness (QED) is 0.777. The summed E-state index contributed by atoms with van der Waals surface area (Å²) in [5, 5.41) is 6.84. The number of anilines is 1. The Morgan fingerprint density at radius 3 is 2.67 bits per heavy atom. The molecule has 122 valence electrons. The van der Waals surface area contributed by atoms with Gasteiger partial charge in [0.15, 0.2) is 0 Å². The van der Waals surface area contributed by atoms with Crippen LogP contribution in [0.4, 0.5) is 10.1 Å². The zero-order chi connectivity index (χ0) is 16.9. The number of aromatic amines is 1. The van der Waals surface area contributed by atoms with Gasteiger partial charge in [0.2, 0.25) is 0 Å². The Labute approximate surface area is 138 Å². The van der Waals surface area contributed by atoms with E-state index >= 15 is 0 Å². The Balaban J connectivity index is 1.91. The van der Waals surface area contributed by atoms with Crippen LogP contribution in [-0.2, 0) is 16.6 Å². The number of H-pyrrole nitrogens is 1. The van der Waals surface area contributed by atoms with Crippen molar-refractivity contribution in [3.05, 3.63) is 65.6 Å². The van der Waals surface area contributed by atoms with E-state index in [0.29, 0.717) is 11.3 Å². The highest BCUT2D eigenvalue weighted by molar-refractivity contribution is 7.92. The monoisotopic (exact) mass is 343 g/mol. The maximum Gasteiger partial charge on any atom is 0.264 e. The highest BCUT2D eigenvalue weighted by atomic mass is 32.2. The molecule has 0 unspecified atom stereocenters. The van der Waals surface area contributed by atoms with E-state index in [2.05, 4.69) is 10.2 Å². The van der Waals surface area contributed by atoms with Gasteiger partial charge in [0.1, 0.15) is 5.82 Å². The van der Waals surface area contributed by atoms with Crippen LogP contribution in [-0.4, -0.2) is 18.6 Å². The van der Waals surface area contributed by atoms with Crippen LogP contribution in [0.5, 0.6) is 0 Å². The van der Waals surface area contributed by atoms with Crippen LogP contribution < -0.4 is 4.31 Å². The van der Waals surface area contributed by atoms with Crippen LogP contribution in [0.25, 0.3) is 11.3 Å². The van der Waals surface area contributed by atoms with Crippen LogP contribution in [0, 0.1) is 12.7 Å². The SMILES string of the molecule is Cc1ccc(S(=O)(=O)N2Cc3cn[nH]c3-c3ccc(F)cc32)cc1. The first-order chi connectivity index (χ1) is 11.5. The number of aromatic nitrogens is 2. The lowest BCUT2D eigenvalue weighted by Crippen LogP contribution is -2.33. The Hall–Kier alpha value is -2.67. The topological polar surface area (TPSA) is 66.1 Å². The molecule has 1 N–H and O–H groups in total. The van der Waals surface area contributed by atoms with E-state index in [-0.39, 0.29) is 11.4 Å². The molecular weight excluding hydrogens is 329 g/mol. The number of rotatable bonds is 2. The van der Waals surface area contributed by atoms with Crippen molar-refractivity contribution in [1.82, 2.24) is 10.2 Å². The molecule has 1 aliphatic rings. The molecule has 0 amide bonds. The summed E-state index contributed by atoms with van der Waals surface area (Å²) in [5.41, 5.74) is 3.37. The van der Waals surface area contributed by atoms with E-state index in [1.165, 1.54) is 16.4 Å². The summed E-state index contributed by atoms with van der Waals surface area (Å²) in [6.07, 6.45) is 1.60. The van der Waals surface area contributed by atoms with Gasteiger partial charge < -0.3 is 0 Å². The van der Waals surface area contributed by atoms with Gasteiger partial charge in [0.25, 0.3) is 10.0 Å². The minimum atomic E-state index is -3.80. The molecule has 3 aromatic rings. The first kappa shape index (κ1) is 14.9. The van der Waals surface area contributed by atoms with Crippen LogP contribution in [0.1, 0.15) is 11.1 Å². The maximum absolute atomic E-state index is 13.8. The zero-order valence-electron chi connectivity index (χ0n) is 12.8.